The van der Waals surface area contributed by atoms with Crippen LogP contribution in [0.1, 0.15) is 104 Å². The fraction of sp³-hybridized carbons (Fsp3) is 0.905. The van der Waals surface area contributed by atoms with Crippen LogP contribution in [0.25, 0.3) is 0 Å². The Kier molecular flexibility index (Phi) is 15.7. The lowest BCUT2D eigenvalue weighted by Crippen LogP contribution is -2.55. The molecule has 0 aromatic rings. The number of aliphatic hydroxyl groups excluding tert-OH is 1. The van der Waals surface area contributed by atoms with E-state index >= 15 is 0 Å². The van der Waals surface area contributed by atoms with Crippen LogP contribution in [0.2, 0.25) is 0 Å². The van der Waals surface area contributed by atoms with Gasteiger partial charge in [0.05, 0.1) is 6.61 Å². The van der Waals surface area contributed by atoms with E-state index in [1.54, 1.807) is 0 Å². The molecule has 9 heteroatoms. The third kappa shape index (κ3) is 13.6. The zero-order valence-corrected chi connectivity index (χ0v) is 19.4. The normalized spacial score (nSPS) is 15.0. The quantitative estimate of drug-likeness (QED) is 0.161. The molecule has 0 aliphatic heterocycles. The van der Waals surface area contributed by atoms with Crippen LogP contribution in [0.3, 0.4) is 0 Å². The number of aliphatic hydroxyl groups is 2. The summed E-state index contributed by atoms with van der Waals surface area (Å²) < 4.78 is 14.9. The van der Waals surface area contributed by atoms with E-state index in [4.69, 9.17) is 9.79 Å². The molecule has 30 heavy (non-hydrogen) atoms. The van der Waals surface area contributed by atoms with Gasteiger partial charge >= 0.3 is 7.82 Å². The first kappa shape index (κ1) is 29.4. The standard InChI is InChI=1S/C21H41O8P/c1-3-4-5-6-7-8-9-10-11-12-13-14-15-16-19(23)20(24)21(25,18(2)22)17-29-30(26,27)28/h20,24-25H,3-17H2,1-2H3,(H2,26,27,28). The molecule has 178 valence electrons. The Bertz CT molecular complexity index is 533. The molecule has 4 N–H and O–H groups in total. The van der Waals surface area contributed by atoms with Crippen molar-refractivity contribution in [3.05, 3.63) is 0 Å². The molecule has 2 unspecified atom stereocenters. The number of hydrogen-bond acceptors (Lipinski definition) is 6. The lowest BCUT2D eigenvalue weighted by molar-refractivity contribution is -0.163. The first-order valence-corrected chi connectivity index (χ1v) is 12.7. The summed E-state index contributed by atoms with van der Waals surface area (Å²) >= 11 is 0. The number of phosphoric ester groups is 1. The number of ketones is 2. The van der Waals surface area contributed by atoms with E-state index in [0.29, 0.717) is 6.42 Å². The van der Waals surface area contributed by atoms with Gasteiger partial charge in [-0.2, -0.15) is 0 Å². The SMILES string of the molecule is CCCCCCCCCCCCCCCC(=O)C(O)C(O)(COP(=O)(O)O)C(C)=O. The van der Waals surface area contributed by atoms with E-state index < -0.39 is 37.7 Å². The number of unbranched alkanes of at least 4 members (excludes halogenated alkanes) is 12. The van der Waals surface area contributed by atoms with Crippen molar-refractivity contribution in [2.24, 2.45) is 0 Å². The minimum Gasteiger partial charge on any atom is -0.382 e. The fourth-order valence-electron chi connectivity index (χ4n) is 3.28. The van der Waals surface area contributed by atoms with Crippen LogP contribution in [0.15, 0.2) is 0 Å². The molecule has 0 heterocycles. The highest BCUT2D eigenvalue weighted by molar-refractivity contribution is 7.46. The second-order valence-corrected chi connectivity index (χ2v) is 9.35. The molecular weight excluding hydrogens is 411 g/mol. The molecule has 0 aliphatic carbocycles. The zero-order valence-electron chi connectivity index (χ0n) is 18.6. The second kappa shape index (κ2) is 16.1. The van der Waals surface area contributed by atoms with Crippen molar-refractivity contribution in [2.75, 3.05) is 6.61 Å². The van der Waals surface area contributed by atoms with Gasteiger partial charge in [-0.05, 0) is 13.3 Å². The van der Waals surface area contributed by atoms with Gasteiger partial charge in [0, 0.05) is 6.42 Å². The Labute approximate surface area is 180 Å². The summed E-state index contributed by atoms with van der Waals surface area (Å²) in [7, 11) is -4.96. The molecule has 0 saturated carbocycles. The highest BCUT2D eigenvalue weighted by atomic mass is 31.2. The molecule has 0 bridgehead atoms. The van der Waals surface area contributed by atoms with E-state index in [1.165, 1.54) is 51.4 Å². The Balaban J connectivity index is 3.96. The summed E-state index contributed by atoms with van der Waals surface area (Å²) in [5.41, 5.74) is -2.67. The van der Waals surface area contributed by atoms with Gasteiger partial charge in [-0.3, -0.25) is 14.1 Å². The van der Waals surface area contributed by atoms with E-state index in [0.717, 1.165) is 32.6 Å². The highest BCUT2D eigenvalue weighted by Gasteiger charge is 2.45. The molecule has 0 fully saturated rings. The molecule has 8 nitrogen and oxygen atoms in total. The van der Waals surface area contributed by atoms with Crippen molar-refractivity contribution in [3.63, 3.8) is 0 Å². The molecule has 2 atom stereocenters. The van der Waals surface area contributed by atoms with Crippen molar-refractivity contribution in [3.8, 4) is 0 Å². The van der Waals surface area contributed by atoms with Gasteiger partial charge in [0.1, 0.15) is 0 Å². The number of phosphoric acid groups is 1. The minimum atomic E-state index is -4.96. The smallest absolute Gasteiger partial charge is 0.382 e. The lowest BCUT2D eigenvalue weighted by Gasteiger charge is -2.29. The summed E-state index contributed by atoms with van der Waals surface area (Å²) in [5, 5.41) is 20.2. The molecule has 0 radical (unpaired) electrons. The monoisotopic (exact) mass is 452 g/mol. The van der Waals surface area contributed by atoms with Crippen LogP contribution in [-0.2, 0) is 18.7 Å². The maximum atomic E-state index is 12.1. The summed E-state index contributed by atoms with van der Waals surface area (Å²) in [6.45, 7) is 1.98. The summed E-state index contributed by atoms with van der Waals surface area (Å²) in [5.74, 6) is -1.74. The van der Waals surface area contributed by atoms with E-state index in [2.05, 4.69) is 11.4 Å². The number of carbonyl (C=O) groups is 2. The average molecular weight is 453 g/mol. The van der Waals surface area contributed by atoms with Crippen molar-refractivity contribution in [1.29, 1.82) is 0 Å². The average Bonchev–Trinajstić information content (AvgIpc) is 2.68. The molecule has 0 aromatic carbocycles. The Morgan fingerprint density at radius 3 is 1.63 bits per heavy atom. The largest absolute Gasteiger partial charge is 0.469 e. The van der Waals surface area contributed by atoms with E-state index in [-0.39, 0.29) is 6.42 Å². The van der Waals surface area contributed by atoms with Gasteiger partial charge in [-0.1, -0.05) is 84.0 Å². The molecule has 0 amide bonds. The first-order valence-electron chi connectivity index (χ1n) is 11.2. The van der Waals surface area contributed by atoms with Crippen LogP contribution in [0.5, 0.6) is 0 Å². The van der Waals surface area contributed by atoms with E-state index in [1.807, 2.05) is 0 Å². The van der Waals surface area contributed by atoms with Crippen LogP contribution in [0, 0.1) is 0 Å². The maximum Gasteiger partial charge on any atom is 0.469 e. The predicted octanol–water partition coefficient (Wildman–Crippen LogP) is 3.83. The van der Waals surface area contributed by atoms with Crippen LogP contribution in [-0.4, -0.2) is 49.9 Å². The number of hydrogen-bond donors (Lipinski definition) is 4. The molecule has 0 aliphatic rings. The molecule has 0 saturated heterocycles. The van der Waals surface area contributed by atoms with Crippen molar-refractivity contribution in [2.45, 2.75) is 115 Å². The van der Waals surface area contributed by atoms with Gasteiger partial charge in [0.2, 0.25) is 0 Å². The lowest BCUT2D eigenvalue weighted by atomic mass is 9.88. The van der Waals surface area contributed by atoms with Gasteiger partial charge in [0.25, 0.3) is 0 Å². The first-order chi connectivity index (χ1) is 14.0. The number of Topliss-reactive ketones (excluding diaryl/α,β-unsaturated/α-hetero) is 2. The number of carbonyl (C=O) groups excluding carboxylic acids is 2. The Morgan fingerprint density at radius 2 is 1.27 bits per heavy atom. The summed E-state index contributed by atoms with van der Waals surface area (Å²) in [4.78, 5) is 41.2. The van der Waals surface area contributed by atoms with Crippen molar-refractivity contribution in [1.82, 2.24) is 0 Å². The zero-order chi connectivity index (χ0) is 23.0. The predicted molar refractivity (Wildman–Crippen MR) is 115 cm³/mol. The summed E-state index contributed by atoms with van der Waals surface area (Å²) in [6.07, 6.45) is 12.8. The fourth-order valence-corrected chi connectivity index (χ4v) is 3.64. The minimum absolute atomic E-state index is 0.0234. The summed E-state index contributed by atoms with van der Waals surface area (Å²) in [6, 6.07) is 0. The van der Waals surface area contributed by atoms with Crippen LogP contribution in [0.4, 0.5) is 0 Å². The van der Waals surface area contributed by atoms with Crippen molar-refractivity contribution >= 4 is 19.4 Å². The molecule has 0 rings (SSSR count). The van der Waals surface area contributed by atoms with Gasteiger partial charge in [-0.25, -0.2) is 4.57 Å². The topological polar surface area (TPSA) is 141 Å². The third-order valence-electron chi connectivity index (χ3n) is 5.35. The van der Waals surface area contributed by atoms with Crippen molar-refractivity contribution < 1.29 is 38.7 Å². The third-order valence-corrected chi connectivity index (χ3v) is 5.81. The Hall–Kier alpha value is -0.630. The molecular formula is C21H41O8P. The molecule has 0 aromatic heterocycles. The number of rotatable bonds is 20. The highest BCUT2D eigenvalue weighted by Crippen LogP contribution is 2.37. The molecule has 0 spiro atoms. The Morgan fingerprint density at radius 1 is 0.867 bits per heavy atom. The van der Waals surface area contributed by atoms with E-state index in [9.17, 15) is 24.4 Å². The van der Waals surface area contributed by atoms with Gasteiger partial charge < -0.3 is 20.0 Å². The van der Waals surface area contributed by atoms with Gasteiger partial charge in [0.15, 0.2) is 23.3 Å². The van der Waals surface area contributed by atoms with Gasteiger partial charge in [-0.15, -0.1) is 0 Å². The van der Waals surface area contributed by atoms with Crippen LogP contribution < -0.4 is 0 Å². The maximum absolute atomic E-state index is 12.1. The second-order valence-electron chi connectivity index (χ2n) is 8.11. The van der Waals surface area contributed by atoms with Crippen LogP contribution >= 0.6 is 7.82 Å².